The second-order valence-corrected chi connectivity index (χ2v) is 7.97. The van der Waals surface area contributed by atoms with Gasteiger partial charge in [-0.1, -0.05) is 19.9 Å². The summed E-state index contributed by atoms with van der Waals surface area (Å²) < 4.78 is 5.22. The number of thiophene rings is 1. The minimum atomic E-state index is -0.0450. The second kappa shape index (κ2) is 7.95. The van der Waals surface area contributed by atoms with Crippen molar-refractivity contribution >= 4 is 23.2 Å². The number of aliphatic imine (C=N–C) groups is 1. The van der Waals surface area contributed by atoms with E-state index in [1.165, 1.54) is 11.1 Å². The van der Waals surface area contributed by atoms with Crippen LogP contribution in [0.4, 0.5) is 0 Å². The van der Waals surface area contributed by atoms with Gasteiger partial charge in [-0.2, -0.15) is 0 Å². The van der Waals surface area contributed by atoms with Crippen molar-refractivity contribution < 1.29 is 9.21 Å². The molecule has 7 heteroatoms. The van der Waals surface area contributed by atoms with Crippen LogP contribution in [0.15, 0.2) is 45.3 Å². The highest BCUT2D eigenvalue weighted by molar-refractivity contribution is 7.10. The molecule has 0 aliphatic carbocycles. The number of piperazine rings is 1. The summed E-state index contributed by atoms with van der Waals surface area (Å²) in [5.41, 5.74) is 0.0428. The summed E-state index contributed by atoms with van der Waals surface area (Å²) in [5, 5.41) is 5.61. The lowest BCUT2D eigenvalue weighted by Crippen LogP contribution is -2.54. The highest BCUT2D eigenvalue weighted by Crippen LogP contribution is 2.26. The third-order valence-electron chi connectivity index (χ3n) is 4.69. The molecule has 0 unspecified atom stereocenters. The molecule has 0 atom stereocenters. The number of guanidine groups is 1. The van der Waals surface area contributed by atoms with E-state index in [1.807, 2.05) is 4.90 Å². The monoisotopic (exact) mass is 374 g/mol. The highest BCUT2D eigenvalue weighted by Gasteiger charge is 2.27. The van der Waals surface area contributed by atoms with Crippen LogP contribution in [0.1, 0.15) is 29.3 Å². The Hall–Kier alpha value is -2.28. The van der Waals surface area contributed by atoms with E-state index in [-0.39, 0.29) is 11.3 Å². The van der Waals surface area contributed by atoms with E-state index in [0.29, 0.717) is 18.8 Å². The molecule has 1 N–H and O–H groups in total. The molecule has 0 saturated carbocycles. The first-order valence-electron chi connectivity index (χ1n) is 8.83. The number of furan rings is 1. The van der Waals surface area contributed by atoms with Gasteiger partial charge in [0.2, 0.25) is 0 Å². The summed E-state index contributed by atoms with van der Waals surface area (Å²) in [7, 11) is 1.81. The third kappa shape index (κ3) is 4.09. The van der Waals surface area contributed by atoms with Gasteiger partial charge in [0.1, 0.15) is 0 Å². The molecule has 1 saturated heterocycles. The Balaban J connectivity index is 1.53. The molecule has 6 nitrogen and oxygen atoms in total. The van der Waals surface area contributed by atoms with Gasteiger partial charge in [0.15, 0.2) is 11.7 Å². The Kier molecular flexibility index (Phi) is 5.66. The lowest BCUT2D eigenvalue weighted by Gasteiger charge is -2.37. The number of carbonyl (C=O) groups is 1. The lowest BCUT2D eigenvalue weighted by molar-refractivity contribution is 0.0657. The molecule has 2 aromatic heterocycles. The van der Waals surface area contributed by atoms with Crippen LogP contribution in [0.3, 0.4) is 0 Å². The fourth-order valence-electron chi connectivity index (χ4n) is 3.06. The standard InChI is InChI=1S/C19H26N4O2S/c1-19(2,16-7-5-13-26-16)14-21-18(20-3)23-10-8-22(9-11-23)17(24)15-6-4-12-25-15/h4-7,12-13H,8-11,14H2,1-3H3,(H,20,21). The van der Waals surface area contributed by atoms with Crippen molar-refractivity contribution in [3.63, 3.8) is 0 Å². The van der Waals surface area contributed by atoms with Crippen molar-refractivity contribution in [1.82, 2.24) is 15.1 Å². The molecule has 1 fully saturated rings. The van der Waals surface area contributed by atoms with Gasteiger partial charge in [-0.05, 0) is 23.6 Å². The maximum atomic E-state index is 12.4. The van der Waals surface area contributed by atoms with Crippen LogP contribution in [0.25, 0.3) is 0 Å². The molecule has 1 aliphatic rings. The Labute approximate surface area is 158 Å². The predicted octanol–water partition coefficient (Wildman–Crippen LogP) is 2.65. The predicted molar refractivity (Wildman–Crippen MR) is 105 cm³/mol. The van der Waals surface area contributed by atoms with Crippen molar-refractivity contribution in [3.8, 4) is 0 Å². The van der Waals surface area contributed by atoms with Gasteiger partial charge in [-0.25, -0.2) is 0 Å². The van der Waals surface area contributed by atoms with Crippen LogP contribution in [-0.2, 0) is 5.41 Å². The first-order valence-corrected chi connectivity index (χ1v) is 9.71. The third-order valence-corrected chi connectivity index (χ3v) is 5.92. The average Bonchev–Trinajstić information content (AvgIpc) is 3.36. The van der Waals surface area contributed by atoms with Crippen LogP contribution in [-0.4, -0.2) is 61.4 Å². The minimum absolute atomic E-state index is 0.0428. The maximum Gasteiger partial charge on any atom is 0.289 e. The number of amides is 1. The average molecular weight is 375 g/mol. The van der Waals surface area contributed by atoms with Gasteiger partial charge in [0.25, 0.3) is 5.91 Å². The summed E-state index contributed by atoms with van der Waals surface area (Å²) in [5.74, 6) is 1.25. The molecule has 3 heterocycles. The molecule has 1 amide bonds. The van der Waals surface area contributed by atoms with Gasteiger partial charge in [-0.3, -0.25) is 9.79 Å². The van der Waals surface area contributed by atoms with Crippen LogP contribution < -0.4 is 5.32 Å². The van der Waals surface area contributed by atoms with Gasteiger partial charge in [0, 0.05) is 50.1 Å². The molecule has 2 aromatic rings. The maximum absolute atomic E-state index is 12.4. The van der Waals surface area contributed by atoms with Crippen molar-refractivity contribution in [2.45, 2.75) is 19.3 Å². The first kappa shape index (κ1) is 18.5. The molecule has 0 radical (unpaired) electrons. The first-order chi connectivity index (χ1) is 12.5. The molecule has 1 aliphatic heterocycles. The van der Waals surface area contributed by atoms with Crippen LogP contribution in [0, 0.1) is 0 Å². The molecule has 26 heavy (non-hydrogen) atoms. The summed E-state index contributed by atoms with van der Waals surface area (Å²) in [4.78, 5) is 22.2. The fraction of sp³-hybridized carbons (Fsp3) is 0.474. The van der Waals surface area contributed by atoms with E-state index in [2.05, 4.69) is 46.6 Å². The summed E-state index contributed by atoms with van der Waals surface area (Å²) in [6.45, 7) is 8.12. The quantitative estimate of drug-likeness (QED) is 0.660. The molecule has 140 valence electrons. The molecule has 0 bridgehead atoms. The fourth-order valence-corrected chi connectivity index (χ4v) is 3.91. The van der Waals surface area contributed by atoms with Crippen molar-refractivity contribution in [3.05, 3.63) is 46.5 Å². The van der Waals surface area contributed by atoms with Crippen molar-refractivity contribution in [2.75, 3.05) is 39.8 Å². The van der Waals surface area contributed by atoms with Crippen LogP contribution in [0.5, 0.6) is 0 Å². The molecular weight excluding hydrogens is 348 g/mol. The van der Waals surface area contributed by atoms with E-state index < -0.39 is 0 Å². The summed E-state index contributed by atoms with van der Waals surface area (Å²) in [6, 6.07) is 7.71. The Morgan fingerprint density at radius 2 is 1.96 bits per heavy atom. The van der Waals surface area contributed by atoms with Crippen LogP contribution in [0.2, 0.25) is 0 Å². The highest BCUT2D eigenvalue weighted by atomic mass is 32.1. The van der Waals surface area contributed by atoms with E-state index >= 15 is 0 Å². The van der Waals surface area contributed by atoms with Crippen molar-refractivity contribution in [2.24, 2.45) is 4.99 Å². The zero-order chi connectivity index (χ0) is 18.6. The Bertz CT molecular complexity index is 730. The van der Waals surface area contributed by atoms with Gasteiger partial charge in [0.05, 0.1) is 6.26 Å². The van der Waals surface area contributed by atoms with E-state index in [4.69, 9.17) is 4.42 Å². The number of hydrogen-bond acceptors (Lipinski definition) is 4. The SMILES string of the molecule is CN=C(NCC(C)(C)c1cccs1)N1CCN(C(=O)c2ccco2)CC1. The zero-order valence-corrected chi connectivity index (χ0v) is 16.4. The topological polar surface area (TPSA) is 61.1 Å². The number of hydrogen-bond donors (Lipinski definition) is 1. The van der Waals surface area contributed by atoms with Gasteiger partial charge < -0.3 is 19.5 Å². The summed E-state index contributed by atoms with van der Waals surface area (Å²) >= 11 is 1.78. The van der Waals surface area contributed by atoms with E-state index in [0.717, 1.165) is 25.6 Å². The smallest absolute Gasteiger partial charge is 0.289 e. The van der Waals surface area contributed by atoms with E-state index in [1.54, 1.807) is 30.5 Å². The minimum Gasteiger partial charge on any atom is -0.459 e. The normalized spacial score (nSPS) is 16.0. The largest absolute Gasteiger partial charge is 0.459 e. The Morgan fingerprint density at radius 1 is 1.23 bits per heavy atom. The van der Waals surface area contributed by atoms with Gasteiger partial charge in [-0.15, -0.1) is 11.3 Å². The molecular formula is C19H26N4O2S. The molecule has 0 spiro atoms. The summed E-state index contributed by atoms with van der Waals surface area (Å²) in [6.07, 6.45) is 1.53. The zero-order valence-electron chi connectivity index (χ0n) is 15.6. The number of nitrogens with one attached hydrogen (secondary N) is 1. The number of carbonyl (C=O) groups excluding carboxylic acids is 1. The van der Waals surface area contributed by atoms with Gasteiger partial charge >= 0.3 is 0 Å². The van der Waals surface area contributed by atoms with E-state index in [9.17, 15) is 4.79 Å². The number of rotatable bonds is 4. The van der Waals surface area contributed by atoms with Crippen molar-refractivity contribution in [1.29, 1.82) is 0 Å². The molecule has 0 aromatic carbocycles. The Morgan fingerprint density at radius 3 is 2.54 bits per heavy atom. The second-order valence-electron chi connectivity index (χ2n) is 7.02. The lowest BCUT2D eigenvalue weighted by atomic mass is 9.91. The molecule has 3 rings (SSSR count). The van der Waals surface area contributed by atoms with Crippen LogP contribution >= 0.6 is 11.3 Å². The number of nitrogens with zero attached hydrogens (tertiary/aromatic N) is 3.